The summed E-state index contributed by atoms with van der Waals surface area (Å²) in [5.74, 6) is 2.33. The van der Waals surface area contributed by atoms with Gasteiger partial charge in [0, 0.05) is 38.9 Å². The van der Waals surface area contributed by atoms with Gasteiger partial charge in [0.1, 0.15) is 17.1 Å². The van der Waals surface area contributed by atoms with Crippen molar-refractivity contribution in [1.29, 1.82) is 0 Å². The molecule has 3 aromatic heterocycles. The van der Waals surface area contributed by atoms with Crippen LogP contribution < -0.4 is 4.74 Å². The maximum Gasteiger partial charge on any atom is 0.145 e. The van der Waals surface area contributed by atoms with E-state index in [4.69, 9.17) is 9.72 Å². The van der Waals surface area contributed by atoms with Gasteiger partial charge in [-0.25, -0.2) is 4.98 Å². The molecule has 0 spiro atoms. The minimum Gasteiger partial charge on any atom is -0.457 e. The normalized spacial score (nSPS) is 12.0. The Hall–Kier alpha value is -5.87. The topological polar surface area (TPSA) is 31.5 Å². The van der Waals surface area contributed by atoms with Crippen LogP contribution in [0.3, 0.4) is 0 Å². The highest BCUT2D eigenvalue weighted by molar-refractivity contribution is 6.13. The van der Waals surface area contributed by atoms with E-state index in [0.29, 0.717) is 11.8 Å². The van der Waals surface area contributed by atoms with E-state index in [0.717, 1.165) is 50.3 Å². The number of imidazole rings is 1. The average Bonchev–Trinajstić information content (AvgIpc) is 3.72. The van der Waals surface area contributed by atoms with Gasteiger partial charge in [0.05, 0.1) is 28.4 Å². The Bertz CT molecular complexity index is 2670. The molecule has 0 amide bonds. The Morgan fingerprint density at radius 3 is 1.82 bits per heavy atom. The summed E-state index contributed by atoms with van der Waals surface area (Å²) in [7, 11) is 0. The van der Waals surface area contributed by atoms with Gasteiger partial charge in [-0.1, -0.05) is 100 Å². The lowest BCUT2D eigenvalue weighted by Crippen LogP contribution is -2.02. The summed E-state index contributed by atoms with van der Waals surface area (Å²) >= 11 is 0. The molecular formula is C45H37N3O. The van der Waals surface area contributed by atoms with Gasteiger partial charge in [0.2, 0.25) is 0 Å². The third-order valence-electron chi connectivity index (χ3n) is 9.95. The third kappa shape index (κ3) is 4.62. The summed E-state index contributed by atoms with van der Waals surface area (Å²) in [5.41, 5.74) is 10.6. The zero-order valence-electron chi connectivity index (χ0n) is 28.2. The molecule has 0 aliphatic heterocycles. The first kappa shape index (κ1) is 29.3. The Morgan fingerprint density at radius 2 is 1.10 bits per heavy atom. The predicted octanol–water partition coefficient (Wildman–Crippen LogP) is 12.4. The zero-order chi connectivity index (χ0) is 33.2. The molecule has 0 aliphatic carbocycles. The van der Waals surface area contributed by atoms with Crippen molar-refractivity contribution in [2.45, 2.75) is 39.5 Å². The summed E-state index contributed by atoms with van der Waals surface area (Å²) in [5, 5.41) is 5.84. The number of ether oxygens (including phenoxy) is 1. The van der Waals surface area contributed by atoms with Crippen molar-refractivity contribution in [1.82, 2.24) is 14.0 Å². The molecule has 4 nitrogen and oxygen atoms in total. The summed E-state index contributed by atoms with van der Waals surface area (Å²) in [6.07, 6.45) is 2.07. The van der Waals surface area contributed by atoms with Gasteiger partial charge < -0.3 is 9.30 Å². The first-order valence-corrected chi connectivity index (χ1v) is 17.2. The Labute approximate surface area is 285 Å². The molecule has 0 unspecified atom stereocenters. The lowest BCUT2D eigenvalue weighted by molar-refractivity contribution is 0.484. The molecule has 0 N–H and O–H groups in total. The minimum absolute atomic E-state index is 0.379. The molecule has 0 saturated heterocycles. The molecule has 3 heterocycles. The highest BCUT2D eigenvalue weighted by Gasteiger charge is 2.21. The fraction of sp³-hybridized carbons (Fsp3) is 0.133. The fourth-order valence-corrected chi connectivity index (χ4v) is 7.72. The number of hydrogen-bond donors (Lipinski definition) is 0. The van der Waals surface area contributed by atoms with E-state index in [9.17, 15) is 0 Å². The van der Waals surface area contributed by atoms with Crippen LogP contribution in [0.4, 0.5) is 0 Å². The largest absolute Gasteiger partial charge is 0.457 e. The molecule has 0 fully saturated rings. The molecule has 0 aliphatic rings. The molecule has 6 aromatic carbocycles. The monoisotopic (exact) mass is 635 g/mol. The van der Waals surface area contributed by atoms with Crippen LogP contribution in [0, 0.1) is 0 Å². The van der Waals surface area contributed by atoms with Gasteiger partial charge in [-0.2, -0.15) is 0 Å². The van der Waals surface area contributed by atoms with Gasteiger partial charge in [-0.3, -0.25) is 4.40 Å². The van der Waals surface area contributed by atoms with E-state index in [1.165, 1.54) is 38.4 Å². The average molecular weight is 636 g/mol. The predicted molar refractivity (Wildman–Crippen MR) is 205 cm³/mol. The van der Waals surface area contributed by atoms with Crippen LogP contribution in [0.15, 0.2) is 140 Å². The molecule has 9 aromatic rings. The summed E-state index contributed by atoms with van der Waals surface area (Å²) < 4.78 is 11.4. The number of aromatic nitrogens is 3. The lowest BCUT2D eigenvalue weighted by Gasteiger charge is -2.20. The van der Waals surface area contributed by atoms with E-state index in [1.807, 2.05) is 0 Å². The van der Waals surface area contributed by atoms with Crippen molar-refractivity contribution in [2.24, 2.45) is 0 Å². The van der Waals surface area contributed by atoms with Crippen molar-refractivity contribution >= 4 is 49.1 Å². The molecule has 9 rings (SSSR count). The van der Waals surface area contributed by atoms with Crippen LogP contribution in [-0.2, 0) is 0 Å². The molecule has 0 radical (unpaired) electrons. The number of nitrogens with zero attached hydrogens (tertiary/aromatic N) is 3. The Morgan fingerprint density at radius 1 is 0.510 bits per heavy atom. The number of pyridine rings is 1. The Balaban J connectivity index is 1.23. The molecular weight excluding hydrogens is 599 g/mol. The maximum atomic E-state index is 6.68. The quantitative estimate of drug-likeness (QED) is 0.170. The number of hydrogen-bond acceptors (Lipinski definition) is 2. The number of benzene rings is 6. The second-order valence-corrected chi connectivity index (χ2v) is 13.6. The van der Waals surface area contributed by atoms with Crippen LogP contribution in [0.25, 0.3) is 66.1 Å². The maximum absolute atomic E-state index is 6.68. The SMILES string of the molecule is CC(C)c1cccc(C(C)C)c1-c1cnc2c3cc(Oc4ccc5c6ccccc6n(-c6ccccc6)c5c4)ccc3c3ccccc3n12. The van der Waals surface area contributed by atoms with Gasteiger partial charge in [0.25, 0.3) is 0 Å². The highest BCUT2D eigenvalue weighted by Crippen LogP contribution is 2.41. The van der Waals surface area contributed by atoms with Crippen LogP contribution in [0.5, 0.6) is 11.5 Å². The van der Waals surface area contributed by atoms with E-state index in [2.05, 4.69) is 176 Å². The molecule has 238 valence electrons. The van der Waals surface area contributed by atoms with Gasteiger partial charge in [-0.15, -0.1) is 0 Å². The van der Waals surface area contributed by atoms with Crippen molar-refractivity contribution in [2.75, 3.05) is 0 Å². The second kappa shape index (κ2) is 11.4. The molecule has 49 heavy (non-hydrogen) atoms. The van der Waals surface area contributed by atoms with Crippen LogP contribution in [0.1, 0.15) is 50.7 Å². The number of para-hydroxylation sites is 3. The van der Waals surface area contributed by atoms with Crippen molar-refractivity contribution in [3.63, 3.8) is 0 Å². The minimum atomic E-state index is 0.379. The van der Waals surface area contributed by atoms with Crippen molar-refractivity contribution in [3.8, 4) is 28.4 Å². The van der Waals surface area contributed by atoms with Gasteiger partial charge in [-0.05, 0) is 82.9 Å². The smallest absolute Gasteiger partial charge is 0.145 e. The van der Waals surface area contributed by atoms with Crippen LogP contribution >= 0.6 is 0 Å². The number of fused-ring (bicyclic) bond motifs is 9. The third-order valence-corrected chi connectivity index (χ3v) is 9.95. The second-order valence-electron chi connectivity index (χ2n) is 13.6. The first-order chi connectivity index (χ1) is 24.0. The zero-order valence-corrected chi connectivity index (χ0v) is 28.2. The van der Waals surface area contributed by atoms with Crippen LogP contribution in [-0.4, -0.2) is 14.0 Å². The van der Waals surface area contributed by atoms with Crippen molar-refractivity contribution in [3.05, 3.63) is 151 Å². The first-order valence-electron chi connectivity index (χ1n) is 17.2. The standard InChI is InChI=1S/C45H37N3O/c1-28(2)33-17-12-18-34(29(3)4)44(33)43-27-46-45-39-25-31(21-23-35(39)36-15-8-11-20-41(36)48(43)45)49-32-22-24-38-37-16-9-10-19-40(37)47(42(38)26-32)30-13-6-5-7-14-30/h5-29H,1-4H3. The van der Waals surface area contributed by atoms with E-state index in [-0.39, 0.29) is 0 Å². The summed E-state index contributed by atoms with van der Waals surface area (Å²) in [6.45, 7) is 9.11. The van der Waals surface area contributed by atoms with E-state index < -0.39 is 0 Å². The summed E-state index contributed by atoms with van der Waals surface area (Å²) in [4.78, 5) is 5.14. The van der Waals surface area contributed by atoms with E-state index in [1.54, 1.807) is 0 Å². The van der Waals surface area contributed by atoms with Gasteiger partial charge in [0.15, 0.2) is 0 Å². The molecule has 4 heteroatoms. The lowest BCUT2D eigenvalue weighted by atomic mass is 9.87. The fourth-order valence-electron chi connectivity index (χ4n) is 7.72. The van der Waals surface area contributed by atoms with E-state index >= 15 is 0 Å². The van der Waals surface area contributed by atoms with Crippen molar-refractivity contribution < 1.29 is 4.74 Å². The number of rotatable bonds is 6. The molecule has 0 bridgehead atoms. The Kier molecular flexibility index (Phi) is 6.80. The van der Waals surface area contributed by atoms with Crippen LogP contribution in [0.2, 0.25) is 0 Å². The summed E-state index contributed by atoms with van der Waals surface area (Å²) in [6, 6.07) is 47.4. The molecule has 0 atom stereocenters. The molecule has 0 saturated carbocycles. The van der Waals surface area contributed by atoms with Gasteiger partial charge >= 0.3 is 0 Å². The highest BCUT2D eigenvalue weighted by atomic mass is 16.5.